The van der Waals surface area contributed by atoms with E-state index in [-0.39, 0.29) is 24.4 Å². The number of rotatable bonds is 7. The SMILES string of the molecule is COC(=O)c1cc(N2CCC[C@H]2COCCC(=O)OC(C)(C)C)nc2cc(Br)ccc12. The van der Waals surface area contributed by atoms with E-state index in [9.17, 15) is 9.59 Å². The maximum atomic E-state index is 12.4. The van der Waals surface area contributed by atoms with Gasteiger partial charge >= 0.3 is 11.9 Å². The predicted octanol–water partition coefficient (Wildman–Crippen LogP) is 4.50. The van der Waals surface area contributed by atoms with Crippen LogP contribution in [0.4, 0.5) is 5.82 Å². The minimum absolute atomic E-state index is 0.126. The van der Waals surface area contributed by atoms with Gasteiger partial charge in [-0.05, 0) is 51.8 Å². The van der Waals surface area contributed by atoms with Gasteiger partial charge in [-0.2, -0.15) is 0 Å². The first-order chi connectivity index (χ1) is 14.7. The summed E-state index contributed by atoms with van der Waals surface area (Å²) in [6.07, 6.45) is 2.18. The maximum Gasteiger partial charge on any atom is 0.338 e. The topological polar surface area (TPSA) is 78.0 Å². The second-order valence-corrected chi connectivity index (χ2v) is 9.50. The Balaban J connectivity index is 1.71. The van der Waals surface area contributed by atoms with Gasteiger partial charge in [0.05, 0.1) is 43.9 Å². The molecular formula is C23H29BrN2O5. The molecule has 1 atom stereocenters. The number of carbonyl (C=O) groups is 2. The average molecular weight is 493 g/mol. The number of fused-ring (bicyclic) bond motifs is 1. The number of carbonyl (C=O) groups excluding carboxylic acids is 2. The van der Waals surface area contributed by atoms with Crippen molar-refractivity contribution in [3.8, 4) is 0 Å². The summed E-state index contributed by atoms with van der Waals surface area (Å²) < 4.78 is 17.0. The molecule has 0 bridgehead atoms. The summed E-state index contributed by atoms with van der Waals surface area (Å²) in [5.74, 6) is 0.0739. The van der Waals surface area contributed by atoms with E-state index in [1.165, 1.54) is 7.11 Å². The van der Waals surface area contributed by atoms with E-state index >= 15 is 0 Å². The van der Waals surface area contributed by atoms with Gasteiger partial charge in [0, 0.05) is 16.4 Å². The van der Waals surface area contributed by atoms with Crippen molar-refractivity contribution in [2.75, 3.05) is 31.8 Å². The van der Waals surface area contributed by atoms with Crippen LogP contribution in [0.2, 0.25) is 0 Å². The van der Waals surface area contributed by atoms with Crippen LogP contribution in [0, 0.1) is 0 Å². The lowest BCUT2D eigenvalue weighted by Crippen LogP contribution is -2.34. The van der Waals surface area contributed by atoms with Crippen LogP contribution in [0.3, 0.4) is 0 Å². The van der Waals surface area contributed by atoms with Gasteiger partial charge in [-0.1, -0.05) is 22.0 Å². The zero-order valence-electron chi connectivity index (χ0n) is 18.4. The summed E-state index contributed by atoms with van der Waals surface area (Å²) in [5, 5.41) is 0.753. The van der Waals surface area contributed by atoms with Gasteiger partial charge in [-0.25, -0.2) is 9.78 Å². The van der Waals surface area contributed by atoms with Crippen LogP contribution in [0.15, 0.2) is 28.7 Å². The van der Waals surface area contributed by atoms with Crippen LogP contribution < -0.4 is 4.90 Å². The molecule has 1 aromatic carbocycles. The highest BCUT2D eigenvalue weighted by Gasteiger charge is 2.28. The van der Waals surface area contributed by atoms with Gasteiger partial charge in [0.15, 0.2) is 0 Å². The van der Waals surface area contributed by atoms with Crippen molar-refractivity contribution in [1.82, 2.24) is 4.98 Å². The van der Waals surface area contributed by atoms with Gasteiger partial charge in [0.25, 0.3) is 0 Å². The molecule has 168 valence electrons. The average Bonchev–Trinajstić information content (AvgIpc) is 3.16. The van der Waals surface area contributed by atoms with E-state index in [0.717, 1.165) is 40.6 Å². The summed E-state index contributed by atoms with van der Waals surface area (Å²) in [4.78, 5) is 31.2. The lowest BCUT2D eigenvalue weighted by atomic mass is 10.1. The molecule has 0 aliphatic carbocycles. The molecule has 7 nitrogen and oxygen atoms in total. The fourth-order valence-electron chi connectivity index (χ4n) is 3.69. The predicted molar refractivity (Wildman–Crippen MR) is 122 cm³/mol. The zero-order valence-corrected chi connectivity index (χ0v) is 20.0. The minimum atomic E-state index is -0.493. The van der Waals surface area contributed by atoms with Crippen molar-refractivity contribution in [1.29, 1.82) is 0 Å². The standard InChI is InChI=1S/C23H29BrN2O5/c1-23(2,3)31-21(27)9-11-30-14-16-6-5-10-26(16)20-13-18(22(28)29-4)17-8-7-15(24)12-19(17)25-20/h7-8,12-13,16H,5-6,9-11,14H2,1-4H3/t16-/m0/s1. The largest absolute Gasteiger partial charge is 0.465 e. The molecule has 1 aliphatic rings. The Morgan fingerprint density at radius 2 is 2.03 bits per heavy atom. The molecule has 3 rings (SSSR count). The van der Waals surface area contributed by atoms with Gasteiger partial charge in [0.1, 0.15) is 11.4 Å². The van der Waals surface area contributed by atoms with E-state index in [2.05, 4.69) is 20.8 Å². The molecule has 0 N–H and O–H groups in total. The highest BCUT2D eigenvalue weighted by atomic mass is 79.9. The van der Waals surface area contributed by atoms with Crippen LogP contribution in [-0.2, 0) is 19.0 Å². The molecular weight excluding hydrogens is 464 g/mol. The quantitative estimate of drug-likeness (QED) is 0.415. The van der Waals surface area contributed by atoms with Gasteiger partial charge in [-0.15, -0.1) is 0 Å². The number of anilines is 1. The first-order valence-corrected chi connectivity index (χ1v) is 11.2. The maximum absolute atomic E-state index is 12.4. The Labute approximate surface area is 191 Å². The van der Waals surface area contributed by atoms with Crippen LogP contribution in [0.25, 0.3) is 10.9 Å². The third-order valence-corrected chi connectivity index (χ3v) is 5.51. The third-order valence-electron chi connectivity index (χ3n) is 5.02. The molecule has 1 fully saturated rings. The first-order valence-electron chi connectivity index (χ1n) is 10.4. The van der Waals surface area contributed by atoms with E-state index in [4.69, 9.17) is 19.2 Å². The van der Waals surface area contributed by atoms with Gasteiger partial charge in [0.2, 0.25) is 0 Å². The summed E-state index contributed by atoms with van der Waals surface area (Å²) >= 11 is 3.48. The van der Waals surface area contributed by atoms with E-state index in [1.807, 2.05) is 39.0 Å². The lowest BCUT2D eigenvalue weighted by Gasteiger charge is -2.26. The lowest BCUT2D eigenvalue weighted by molar-refractivity contribution is -0.156. The summed E-state index contributed by atoms with van der Waals surface area (Å²) in [5.41, 5.74) is 0.725. The molecule has 2 heterocycles. The molecule has 0 spiro atoms. The highest BCUT2D eigenvalue weighted by Crippen LogP contribution is 2.30. The molecule has 0 saturated carbocycles. The number of halogens is 1. The summed E-state index contributed by atoms with van der Waals surface area (Å²) in [6, 6.07) is 7.56. The second kappa shape index (κ2) is 9.96. The van der Waals surface area contributed by atoms with Crippen molar-refractivity contribution >= 4 is 44.6 Å². The fourth-order valence-corrected chi connectivity index (χ4v) is 4.04. The number of methoxy groups -OCH3 is 1. The van der Waals surface area contributed by atoms with Crippen LogP contribution in [0.1, 0.15) is 50.4 Å². The number of hydrogen-bond donors (Lipinski definition) is 0. The minimum Gasteiger partial charge on any atom is -0.465 e. The Kier molecular flexibility index (Phi) is 7.54. The molecule has 0 amide bonds. The second-order valence-electron chi connectivity index (χ2n) is 8.58. The van der Waals surface area contributed by atoms with Crippen molar-refractivity contribution in [2.45, 2.75) is 51.7 Å². The van der Waals surface area contributed by atoms with Crippen molar-refractivity contribution in [2.24, 2.45) is 0 Å². The molecule has 0 unspecified atom stereocenters. The fraction of sp³-hybridized carbons (Fsp3) is 0.522. The van der Waals surface area contributed by atoms with Crippen LogP contribution >= 0.6 is 15.9 Å². The Morgan fingerprint density at radius 3 is 2.74 bits per heavy atom. The Bertz CT molecular complexity index is 957. The molecule has 1 aliphatic heterocycles. The number of nitrogens with zero attached hydrogens (tertiary/aromatic N) is 2. The number of benzene rings is 1. The van der Waals surface area contributed by atoms with Gasteiger partial charge < -0.3 is 19.1 Å². The number of aromatic nitrogens is 1. The van der Waals surface area contributed by atoms with Crippen molar-refractivity contribution < 1.29 is 23.8 Å². The van der Waals surface area contributed by atoms with Crippen molar-refractivity contribution in [3.05, 3.63) is 34.3 Å². The van der Waals surface area contributed by atoms with Crippen LogP contribution in [-0.4, -0.2) is 55.4 Å². The van der Waals surface area contributed by atoms with Gasteiger partial charge in [-0.3, -0.25) is 4.79 Å². The molecule has 8 heteroatoms. The summed E-state index contributed by atoms with van der Waals surface area (Å²) in [7, 11) is 1.38. The Hall–Kier alpha value is -2.19. The normalized spacial score (nSPS) is 16.5. The van der Waals surface area contributed by atoms with E-state index < -0.39 is 5.60 Å². The number of pyridine rings is 1. The van der Waals surface area contributed by atoms with Crippen LogP contribution in [0.5, 0.6) is 0 Å². The summed E-state index contributed by atoms with van der Waals surface area (Å²) in [6.45, 7) is 7.16. The zero-order chi connectivity index (χ0) is 22.6. The Morgan fingerprint density at radius 1 is 1.26 bits per heavy atom. The third kappa shape index (κ3) is 6.17. The number of ether oxygens (including phenoxy) is 3. The molecule has 2 aromatic rings. The first kappa shape index (κ1) is 23.5. The van der Waals surface area contributed by atoms with E-state index in [0.29, 0.717) is 18.8 Å². The molecule has 1 saturated heterocycles. The molecule has 31 heavy (non-hydrogen) atoms. The van der Waals surface area contributed by atoms with E-state index in [1.54, 1.807) is 6.07 Å². The van der Waals surface area contributed by atoms with Crippen molar-refractivity contribution in [3.63, 3.8) is 0 Å². The highest BCUT2D eigenvalue weighted by molar-refractivity contribution is 9.10. The monoisotopic (exact) mass is 492 g/mol. The molecule has 0 radical (unpaired) electrons. The molecule has 1 aromatic heterocycles. The smallest absolute Gasteiger partial charge is 0.338 e. The number of hydrogen-bond acceptors (Lipinski definition) is 7. The number of esters is 2.